The minimum Gasteiger partial charge on any atom is -0.272 e. The molecule has 0 heterocycles. The molecule has 0 spiro atoms. The van der Waals surface area contributed by atoms with Gasteiger partial charge in [0, 0.05) is 6.21 Å². The van der Waals surface area contributed by atoms with E-state index in [1.54, 1.807) is 18.2 Å². The quantitative estimate of drug-likeness (QED) is 0.473. The predicted molar refractivity (Wildman–Crippen MR) is 41.7 cm³/mol. The van der Waals surface area contributed by atoms with Gasteiger partial charge in [0.1, 0.15) is 6.42 Å². The van der Waals surface area contributed by atoms with E-state index in [1.165, 1.54) is 6.21 Å². The summed E-state index contributed by atoms with van der Waals surface area (Å²) in [5, 5.41) is 11.6. The van der Waals surface area contributed by atoms with Gasteiger partial charge in [-0.2, -0.15) is 10.4 Å². The third-order valence-corrected chi connectivity index (χ3v) is 0.782. The molecule has 0 bridgehead atoms. The molecule has 11 heavy (non-hydrogen) atoms. The van der Waals surface area contributed by atoms with Crippen molar-refractivity contribution in [2.24, 2.45) is 5.10 Å². The van der Waals surface area contributed by atoms with Crippen molar-refractivity contribution in [1.29, 1.82) is 5.26 Å². The highest BCUT2D eigenvalue weighted by Gasteiger charge is 1.93. The summed E-state index contributed by atoms with van der Waals surface area (Å²) in [5.74, 6) is -0.395. The number of nitrogens with zero attached hydrogens (tertiary/aromatic N) is 2. The lowest BCUT2D eigenvalue weighted by Gasteiger charge is -1.89. The summed E-state index contributed by atoms with van der Waals surface area (Å²) in [7, 11) is 0. The Morgan fingerprint density at radius 1 is 1.82 bits per heavy atom. The first-order valence-electron chi connectivity index (χ1n) is 3.11. The average molecular weight is 151 g/mol. The van der Waals surface area contributed by atoms with Crippen LogP contribution in [0.3, 0.4) is 0 Å². The van der Waals surface area contributed by atoms with E-state index in [2.05, 4.69) is 10.5 Å². The molecule has 4 nitrogen and oxygen atoms in total. The first-order valence-corrected chi connectivity index (χ1v) is 3.11. The lowest BCUT2D eigenvalue weighted by molar-refractivity contribution is -0.120. The third-order valence-electron chi connectivity index (χ3n) is 0.782. The monoisotopic (exact) mass is 151 g/mol. The van der Waals surface area contributed by atoms with Crippen molar-refractivity contribution in [3.05, 3.63) is 12.2 Å². The number of amides is 1. The predicted octanol–water partition coefficient (Wildman–Crippen LogP) is 0.578. The van der Waals surface area contributed by atoms with Crippen molar-refractivity contribution < 1.29 is 4.79 Å². The standard InChI is InChI=1S/C7H9N3O/c1-2-3-6-9-10-7(11)4-5-8/h2-3,6H,4H2,1H3,(H,10,11)/b3-2+,9-6-. The first-order chi connectivity index (χ1) is 5.31. The highest BCUT2D eigenvalue weighted by Crippen LogP contribution is 1.73. The van der Waals surface area contributed by atoms with E-state index in [0.29, 0.717) is 0 Å². The average Bonchev–Trinajstić information content (AvgIpc) is 1.99. The summed E-state index contributed by atoms with van der Waals surface area (Å²) in [6, 6.07) is 1.70. The molecule has 0 aliphatic rings. The van der Waals surface area contributed by atoms with Gasteiger partial charge < -0.3 is 0 Å². The van der Waals surface area contributed by atoms with Crippen LogP contribution in [0, 0.1) is 11.3 Å². The van der Waals surface area contributed by atoms with E-state index in [0.717, 1.165) is 0 Å². The molecular formula is C7H9N3O. The summed E-state index contributed by atoms with van der Waals surface area (Å²) in [4.78, 5) is 10.5. The van der Waals surface area contributed by atoms with Crippen molar-refractivity contribution in [1.82, 2.24) is 5.43 Å². The minimum absolute atomic E-state index is 0.160. The number of hydrogen-bond donors (Lipinski definition) is 1. The van der Waals surface area contributed by atoms with Crippen molar-refractivity contribution in [3.8, 4) is 6.07 Å². The lowest BCUT2D eigenvalue weighted by Crippen LogP contribution is -2.15. The molecule has 1 amide bonds. The van der Waals surface area contributed by atoms with Crippen LogP contribution in [0.25, 0.3) is 0 Å². The SMILES string of the molecule is C/C=C/C=N\NC(=O)CC#N. The zero-order valence-corrected chi connectivity index (χ0v) is 6.24. The van der Waals surface area contributed by atoms with Crippen molar-refractivity contribution in [2.45, 2.75) is 13.3 Å². The Morgan fingerprint density at radius 3 is 3.09 bits per heavy atom. The minimum atomic E-state index is -0.395. The van der Waals surface area contributed by atoms with Gasteiger partial charge in [-0.25, -0.2) is 5.43 Å². The topological polar surface area (TPSA) is 65.2 Å². The summed E-state index contributed by atoms with van der Waals surface area (Å²) in [5.41, 5.74) is 2.18. The Morgan fingerprint density at radius 2 is 2.55 bits per heavy atom. The largest absolute Gasteiger partial charge is 0.272 e. The smallest absolute Gasteiger partial charge is 0.254 e. The maximum atomic E-state index is 10.5. The maximum absolute atomic E-state index is 10.5. The van der Waals surface area contributed by atoms with Crippen LogP contribution in [0.5, 0.6) is 0 Å². The second-order valence-electron chi connectivity index (χ2n) is 1.67. The van der Waals surface area contributed by atoms with Gasteiger partial charge in [0.25, 0.3) is 5.91 Å². The molecule has 0 aromatic carbocycles. The maximum Gasteiger partial charge on any atom is 0.254 e. The molecule has 0 aromatic heterocycles. The molecule has 0 saturated heterocycles. The van der Waals surface area contributed by atoms with Gasteiger partial charge in [0.05, 0.1) is 6.07 Å². The van der Waals surface area contributed by atoms with E-state index in [9.17, 15) is 4.79 Å². The molecule has 0 radical (unpaired) electrons. The number of nitrogens with one attached hydrogen (secondary N) is 1. The van der Waals surface area contributed by atoms with E-state index in [4.69, 9.17) is 5.26 Å². The van der Waals surface area contributed by atoms with Crippen molar-refractivity contribution in [2.75, 3.05) is 0 Å². The van der Waals surface area contributed by atoms with Gasteiger partial charge in [-0.05, 0) is 13.0 Å². The van der Waals surface area contributed by atoms with Gasteiger partial charge in [-0.15, -0.1) is 0 Å². The molecule has 0 unspecified atom stereocenters. The Kier molecular flexibility index (Phi) is 5.53. The Bertz CT molecular complexity index is 212. The van der Waals surface area contributed by atoms with E-state index in [-0.39, 0.29) is 6.42 Å². The van der Waals surface area contributed by atoms with Crippen LogP contribution in [-0.2, 0) is 4.79 Å². The Labute approximate surface area is 65.2 Å². The molecule has 0 saturated carbocycles. The number of carbonyl (C=O) groups is 1. The number of carbonyl (C=O) groups excluding carboxylic acids is 1. The molecular weight excluding hydrogens is 142 g/mol. The van der Waals surface area contributed by atoms with Crippen LogP contribution in [-0.4, -0.2) is 12.1 Å². The van der Waals surface area contributed by atoms with Crippen molar-refractivity contribution >= 4 is 12.1 Å². The first kappa shape index (κ1) is 9.37. The van der Waals surface area contributed by atoms with Crippen LogP contribution < -0.4 is 5.43 Å². The summed E-state index contributed by atoms with van der Waals surface area (Å²) < 4.78 is 0. The highest BCUT2D eigenvalue weighted by atomic mass is 16.2. The molecule has 58 valence electrons. The number of allylic oxidation sites excluding steroid dienone is 2. The van der Waals surface area contributed by atoms with Crippen LogP contribution in [0.15, 0.2) is 17.3 Å². The molecule has 4 heteroatoms. The second kappa shape index (κ2) is 6.49. The molecule has 0 fully saturated rings. The Balaban J connectivity index is 3.55. The van der Waals surface area contributed by atoms with Crippen LogP contribution in [0.4, 0.5) is 0 Å². The summed E-state index contributed by atoms with van der Waals surface area (Å²) in [6.45, 7) is 1.84. The zero-order valence-electron chi connectivity index (χ0n) is 6.24. The fraction of sp³-hybridized carbons (Fsp3) is 0.286. The summed E-state index contributed by atoms with van der Waals surface area (Å²) >= 11 is 0. The normalized spacial score (nSPS) is 10.2. The molecule has 1 N–H and O–H groups in total. The molecule has 0 aliphatic carbocycles. The zero-order chi connectivity index (χ0) is 8.53. The number of hydrazone groups is 1. The van der Waals surface area contributed by atoms with Gasteiger partial charge in [0.2, 0.25) is 0 Å². The van der Waals surface area contributed by atoms with Crippen molar-refractivity contribution in [3.63, 3.8) is 0 Å². The summed E-state index contributed by atoms with van der Waals surface area (Å²) in [6.07, 6.45) is 4.73. The van der Waals surface area contributed by atoms with Crippen LogP contribution >= 0.6 is 0 Å². The lowest BCUT2D eigenvalue weighted by atomic mass is 10.5. The highest BCUT2D eigenvalue weighted by molar-refractivity contribution is 5.79. The van der Waals surface area contributed by atoms with E-state index >= 15 is 0 Å². The van der Waals surface area contributed by atoms with Gasteiger partial charge in [-0.3, -0.25) is 4.79 Å². The number of rotatable bonds is 3. The second-order valence-corrected chi connectivity index (χ2v) is 1.67. The van der Waals surface area contributed by atoms with Crippen LogP contribution in [0.1, 0.15) is 13.3 Å². The molecule has 0 atom stereocenters. The van der Waals surface area contributed by atoms with Gasteiger partial charge >= 0.3 is 0 Å². The molecule has 0 aromatic rings. The molecule has 0 aliphatic heterocycles. The molecule has 0 rings (SSSR count). The van der Waals surface area contributed by atoms with Gasteiger partial charge in [0.15, 0.2) is 0 Å². The Hall–Kier alpha value is -1.63. The fourth-order valence-corrected chi connectivity index (χ4v) is 0.350. The third kappa shape index (κ3) is 6.25. The van der Waals surface area contributed by atoms with Crippen LogP contribution in [0.2, 0.25) is 0 Å². The fourth-order valence-electron chi connectivity index (χ4n) is 0.350. The van der Waals surface area contributed by atoms with Gasteiger partial charge in [-0.1, -0.05) is 6.08 Å². The number of hydrogen-bond acceptors (Lipinski definition) is 3. The van der Waals surface area contributed by atoms with E-state index in [1.807, 2.05) is 6.92 Å². The van der Waals surface area contributed by atoms with E-state index < -0.39 is 5.91 Å². The number of nitriles is 1.